The number of carbonyl (C=O) groups is 1. The summed E-state index contributed by atoms with van der Waals surface area (Å²) in [4.78, 5) is 12.8. The van der Waals surface area contributed by atoms with E-state index in [0.717, 1.165) is 23.3 Å². The van der Waals surface area contributed by atoms with Crippen LogP contribution >= 0.6 is 11.6 Å². The number of halogens is 1. The Bertz CT molecular complexity index is 1050. The first-order valence-electron chi connectivity index (χ1n) is 9.57. The van der Waals surface area contributed by atoms with E-state index in [4.69, 9.17) is 21.1 Å². The first kappa shape index (κ1) is 19.3. The van der Waals surface area contributed by atoms with Crippen LogP contribution < -0.4 is 14.8 Å². The molecule has 1 N–H and O–H groups in total. The van der Waals surface area contributed by atoms with Gasteiger partial charge in [-0.3, -0.25) is 9.48 Å². The van der Waals surface area contributed by atoms with E-state index in [1.807, 2.05) is 50.2 Å². The van der Waals surface area contributed by atoms with Crippen molar-refractivity contribution in [3.05, 3.63) is 70.5 Å². The van der Waals surface area contributed by atoms with Gasteiger partial charge in [-0.25, -0.2) is 0 Å². The monoisotopic (exact) mass is 411 g/mol. The van der Waals surface area contributed by atoms with Gasteiger partial charge in [-0.15, -0.1) is 0 Å². The number of nitrogens with one attached hydrogen (secondary N) is 1. The van der Waals surface area contributed by atoms with Crippen LogP contribution in [0.4, 0.5) is 5.69 Å². The second kappa shape index (κ2) is 8.17. The van der Waals surface area contributed by atoms with E-state index in [1.165, 1.54) is 0 Å². The van der Waals surface area contributed by atoms with Gasteiger partial charge in [0.1, 0.15) is 17.6 Å². The van der Waals surface area contributed by atoms with Crippen LogP contribution in [0.15, 0.2) is 48.8 Å². The van der Waals surface area contributed by atoms with Crippen molar-refractivity contribution in [3.8, 4) is 11.5 Å². The second-order valence-electron chi connectivity index (χ2n) is 6.99. The van der Waals surface area contributed by atoms with E-state index >= 15 is 0 Å². The molecular formula is C22H22ClN3O3. The van der Waals surface area contributed by atoms with Crippen LogP contribution in [0, 0.1) is 0 Å². The number of ether oxygens (including phenoxy) is 2. The van der Waals surface area contributed by atoms with Gasteiger partial charge in [-0.05, 0) is 31.5 Å². The normalized spacial score (nSPS) is 14.9. The fraction of sp³-hybridized carbons (Fsp3) is 0.273. The molecule has 0 bridgehead atoms. The first-order valence-corrected chi connectivity index (χ1v) is 9.95. The predicted molar refractivity (Wildman–Crippen MR) is 112 cm³/mol. The van der Waals surface area contributed by atoms with Crippen molar-refractivity contribution in [2.75, 3.05) is 11.9 Å². The Kier molecular flexibility index (Phi) is 5.45. The molecule has 1 aliphatic heterocycles. The summed E-state index contributed by atoms with van der Waals surface area (Å²) in [6.45, 7) is 4.93. The van der Waals surface area contributed by atoms with Gasteiger partial charge < -0.3 is 14.8 Å². The molecule has 0 spiro atoms. The largest absolute Gasteiger partial charge is 0.492 e. The molecule has 7 heteroatoms. The lowest BCUT2D eigenvalue weighted by Crippen LogP contribution is -2.12. The van der Waals surface area contributed by atoms with Crippen LogP contribution in [0.5, 0.6) is 11.5 Å². The summed E-state index contributed by atoms with van der Waals surface area (Å²) in [6.07, 6.45) is 4.19. The zero-order chi connectivity index (χ0) is 20.4. The summed E-state index contributed by atoms with van der Waals surface area (Å²) < 4.78 is 13.2. The number of nitrogens with zero attached hydrogens (tertiary/aromatic N) is 2. The summed E-state index contributed by atoms with van der Waals surface area (Å²) in [6, 6.07) is 11.3. The maximum atomic E-state index is 12.8. The number of amides is 1. The van der Waals surface area contributed by atoms with Crippen LogP contribution in [0.25, 0.3) is 0 Å². The third kappa shape index (κ3) is 4.22. The Morgan fingerprint density at radius 2 is 2.21 bits per heavy atom. The smallest absolute Gasteiger partial charge is 0.258 e. The van der Waals surface area contributed by atoms with Crippen LogP contribution in [-0.4, -0.2) is 28.4 Å². The molecule has 4 rings (SSSR count). The van der Waals surface area contributed by atoms with Gasteiger partial charge in [0.05, 0.1) is 30.6 Å². The summed E-state index contributed by atoms with van der Waals surface area (Å²) in [7, 11) is 0. The van der Waals surface area contributed by atoms with E-state index in [2.05, 4.69) is 10.4 Å². The number of fused-ring (bicyclic) bond motifs is 1. The van der Waals surface area contributed by atoms with Gasteiger partial charge in [0, 0.05) is 29.3 Å². The van der Waals surface area contributed by atoms with Gasteiger partial charge in [-0.2, -0.15) is 5.10 Å². The topological polar surface area (TPSA) is 65.4 Å². The third-order valence-electron chi connectivity index (χ3n) is 4.73. The molecule has 0 radical (unpaired) electrons. The maximum absolute atomic E-state index is 12.8. The summed E-state index contributed by atoms with van der Waals surface area (Å²) >= 11 is 6.21. The number of hydrogen-bond acceptors (Lipinski definition) is 4. The molecule has 1 amide bonds. The lowest BCUT2D eigenvalue weighted by atomic mass is 10.1. The van der Waals surface area contributed by atoms with Crippen molar-refractivity contribution in [2.45, 2.75) is 32.9 Å². The Hall–Kier alpha value is -2.99. The number of rotatable bonds is 6. The fourth-order valence-electron chi connectivity index (χ4n) is 3.37. The molecule has 2 aromatic carbocycles. The van der Waals surface area contributed by atoms with Crippen LogP contribution in [0.3, 0.4) is 0 Å². The molecule has 3 aromatic rings. The Labute approximate surface area is 174 Å². The first-order chi connectivity index (χ1) is 14.0. The number of hydrogen-bond donors (Lipinski definition) is 1. The highest BCUT2D eigenvalue weighted by Gasteiger charge is 2.23. The van der Waals surface area contributed by atoms with Gasteiger partial charge in [0.2, 0.25) is 0 Å². The molecule has 150 valence electrons. The SMILES string of the molecule is CCOc1cc2c(cc1NC(=O)c1cnn(Cc3ccccc3Cl)c1)OC(C)C2. The highest BCUT2D eigenvalue weighted by Crippen LogP contribution is 2.38. The van der Waals surface area contributed by atoms with Crippen LogP contribution in [-0.2, 0) is 13.0 Å². The molecule has 0 fully saturated rings. The van der Waals surface area contributed by atoms with Gasteiger partial charge in [0.15, 0.2) is 0 Å². The lowest BCUT2D eigenvalue weighted by molar-refractivity contribution is 0.102. The lowest BCUT2D eigenvalue weighted by Gasteiger charge is -2.13. The van der Waals surface area contributed by atoms with Crippen molar-refractivity contribution in [3.63, 3.8) is 0 Å². The molecule has 0 saturated heterocycles. The van der Waals surface area contributed by atoms with E-state index in [9.17, 15) is 4.79 Å². The molecular weight excluding hydrogens is 390 g/mol. The zero-order valence-electron chi connectivity index (χ0n) is 16.3. The molecule has 0 aliphatic carbocycles. The summed E-state index contributed by atoms with van der Waals surface area (Å²) in [5.74, 6) is 1.16. The van der Waals surface area contributed by atoms with E-state index in [1.54, 1.807) is 17.1 Å². The van der Waals surface area contributed by atoms with Crippen molar-refractivity contribution in [2.24, 2.45) is 0 Å². The second-order valence-corrected chi connectivity index (χ2v) is 7.40. The van der Waals surface area contributed by atoms with Crippen molar-refractivity contribution in [1.82, 2.24) is 9.78 Å². The number of anilines is 1. The summed E-state index contributed by atoms with van der Waals surface area (Å²) in [5.41, 5.74) is 3.07. The Balaban J connectivity index is 1.52. The summed E-state index contributed by atoms with van der Waals surface area (Å²) in [5, 5.41) is 7.87. The standard InChI is InChI=1S/C22H22ClN3O3/c1-3-28-21-9-16-8-14(2)29-20(16)10-19(21)25-22(27)17-11-24-26(13-17)12-15-6-4-5-7-18(15)23/h4-7,9-11,13-14H,3,8,12H2,1-2H3,(H,25,27). The van der Waals surface area contributed by atoms with Crippen molar-refractivity contribution in [1.29, 1.82) is 0 Å². The molecule has 6 nitrogen and oxygen atoms in total. The Morgan fingerprint density at radius 3 is 3.00 bits per heavy atom. The van der Waals surface area contributed by atoms with Gasteiger partial charge in [0.25, 0.3) is 5.91 Å². The van der Waals surface area contributed by atoms with Crippen LogP contribution in [0.1, 0.15) is 35.3 Å². The average molecular weight is 412 g/mol. The number of benzene rings is 2. The molecule has 1 aromatic heterocycles. The minimum absolute atomic E-state index is 0.119. The average Bonchev–Trinajstić information content (AvgIpc) is 3.29. The number of aromatic nitrogens is 2. The molecule has 29 heavy (non-hydrogen) atoms. The minimum Gasteiger partial charge on any atom is -0.492 e. The quantitative estimate of drug-likeness (QED) is 0.645. The molecule has 1 atom stereocenters. The highest BCUT2D eigenvalue weighted by molar-refractivity contribution is 6.31. The molecule has 0 saturated carbocycles. The molecule has 2 heterocycles. The van der Waals surface area contributed by atoms with E-state index < -0.39 is 0 Å². The highest BCUT2D eigenvalue weighted by atomic mass is 35.5. The minimum atomic E-state index is -0.262. The number of carbonyl (C=O) groups excluding carboxylic acids is 1. The fourth-order valence-corrected chi connectivity index (χ4v) is 3.57. The Morgan fingerprint density at radius 1 is 1.38 bits per heavy atom. The molecule has 1 unspecified atom stereocenters. The van der Waals surface area contributed by atoms with Gasteiger partial charge in [-0.1, -0.05) is 29.8 Å². The predicted octanol–water partition coefficient (Wildman–Crippen LogP) is 4.56. The van der Waals surface area contributed by atoms with Gasteiger partial charge >= 0.3 is 0 Å². The zero-order valence-corrected chi connectivity index (χ0v) is 17.1. The molecule has 1 aliphatic rings. The van der Waals surface area contributed by atoms with Crippen LogP contribution in [0.2, 0.25) is 5.02 Å². The maximum Gasteiger partial charge on any atom is 0.258 e. The van der Waals surface area contributed by atoms with E-state index in [0.29, 0.717) is 35.2 Å². The van der Waals surface area contributed by atoms with Crippen molar-refractivity contribution < 1.29 is 14.3 Å². The van der Waals surface area contributed by atoms with E-state index in [-0.39, 0.29) is 12.0 Å². The third-order valence-corrected chi connectivity index (χ3v) is 5.10. The van der Waals surface area contributed by atoms with Crippen molar-refractivity contribution >= 4 is 23.2 Å².